The molecule has 2 radical (unpaired) electrons. The fourth-order valence-electron chi connectivity index (χ4n) is 4.57. The number of carbonyl (C=O) groups excluding carboxylic acids is 2. The van der Waals surface area contributed by atoms with Crippen molar-refractivity contribution in [2.45, 2.75) is 194 Å². The predicted molar refractivity (Wildman–Crippen MR) is 156 cm³/mol. The van der Waals surface area contributed by atoms with Crippen LogP contribution in [0.4, 0.5) is 0 Å². The first-order valence-electron chi connectivity index (χ1n) is 15.9. The van der Waals surface area contributed by atoms with Gasteiger partial charge in [0.05, 0.1) is 0 Å². The van der Waals surface area contributed by atoms with Gasteiger partial charge in [0.2, 0.25) is 0 Å². The average molecular weight is 718 g/mol. The zero-order valence-corrected chi connectivity index (χ0v) is 28.8. The summed E-state index contributed by atoms with van der Waals surface area (Å²) >= 11 is 0. The fourth-order valence-corrected chi connectivity index (χ4v) is 4.57. The van der Waals surface area contributed by atoms with Gasteiger partial charge in [-0.1, -0.05) is 168 Å². The topological polar surface area (TPSA) is 80.3 Å². The molecular weight excluding hydrogens is 656 g/mol. The van der Waals surface area contributed by atoms with Crippen molar-refractivity contribution in [1.29, 1.82) is 0 Å². The Kier molecular flexibility index (Phi) is 42.5. The van der Waals surface area contributed by atoms with Gasteiger partial charge in [-0.2, -0.15) is 0 Å². The van der Waals surface area contributed by atoms with E-state index in [2.05, 4.69) is 13.8 Å². The summed E-state index contributed by atoms with van der Waals surface area (Å²) in [7, 11) is 0. The Hall–Kier alpha value is -0.138. The third-order valence-corrected chi connectivity index (χ3v) is 6.97. The van der Waals surface area contributed by atoms with Crippen LogP contribution in [0.15, 0.2) is 0 Å². The monoisotopic (exact) mass is 718 g/mol. The van der Waals surface area contributed by atoms with Gasteiger partial charge in [0.25, 0.3) is 0 Å². The standard InChI is InChI=1S/2C16H32O2.Pb/c2*1-2-3-4-5-6-7-8-9-10-11-12-13-14-15-16(17)18;/h2*2-15H2,1H3,(H,17,18);/q;;+2/p-2. The molecule has 37 heavy (non-hydrogen) atoms. The quantitative estimate of drug-likeness (QED) is 0.0606. The Labute approximate surface area is 251 Å². The van der Waals surface area contributed by atoms with Crippen LogP contribution >= 0.6 is 0 Å². The van der Waals surface area contributed by atoms with E-state index in [4.69, 9.17) is 0 Å². The Balaban J connectivity index is -0.000000608. The number of rotatable bonds is 28. The summed E-state index contributed by atoms with van der Waals surface area (Å²) in [5.41, 5.74) is 0. The number of hydrogen-bond donors (Lipinski definition) is 0. The maximum atomic E-state index is 10.2. The fraction of sp³-hybridized carbons (Fsp3) is 0.938. The molecule has 0 aromatic heterocycles. The van der Waals surface area contributed by atoms with E-state index in [0.29, 0.717) is 0 Å². The van der Waals surface area contributed by atoms with Gasteiger partial charge in [-0.25, -0.2) is 0 Å². The van der Waals surface area contributed by atoms with Gasteiger partial charge in [0.15, 0.2) is 0 Å². The van der Waals surface area contributed by atoms with Crippen molar-refractivity contribution in [3.63, 3.8) is 0 Å². The molecule has 0 spiro atoms. The average Bonchev–Trinajstić information content (AvgIpc) is 2.85. The van der Waals surface area contributed by atoms with Gasteiger partial charge in [-0.15, -0.1) is 0 Å². The number of carbonyl (C=O) groups is 2. The third-order valence-electron chi connectivity index (χ3n) is 6.97. The predicted octanol–water partition coefficient (Wildman–Crippen LogP) is 8.05. The number of unbranched alkanes of at least 4 members (excludes halogenated alkanes) is 24. The first kappa shape index (κ1) is 41.3. The number of aliphatic carboxylic acids is 2. The van der Waals surface area contributed by atoms with Crippen molar-refractivity contribution in [1.82, 2.24) is 0 Å². The van der Waals surface area contributed by atoms with Crippen LogP contribution in [0.2, 0.25) is 0 Å². The van der Waals surface area contributed by atoms with E-state index < -0.39 is 11.9 Å². The first-order valence-corrected chi connectivity index (χ1v) is 15.9. The van der Waals surface area contributed by atoms with Crippen molar-refractivity contribution in [2.75, 3.05) is 0 Å². The molecule has 0 amide bonds. The van der Waals surface area contributed by atoms with Crippen molar-refractivity contribution in [3.05, 3.63) is 0 Å². The van der Waals surface area contributed by atoms with Crippen LogP contribution in [-0.2, 0) is 9.59 Å². The van der Waals surface area contributed by atoms with Crippen LogP contribution in [0.25, 0.3) is 0 Å². The summed E-state index contributed by atoms with van der Waals surface area (Å²) in [5.74, 6) is -1.81. The van der Waals surface area contributed by atoms with Crippen molar-refractivity contribution >= 4 is 39.2 Å². The van der Waals surface area contributed by atoms with Crippen LogP contribution < -0.4 is 10.2 Å². The molecule has 4 nitrogen and oxygen atoms in total. The molecule has 0 saturated heterocycles. The summed E-state index contributed by atoms with van der Waals surface area (Å²) in [4.78, 5) is 20.4. The van der Waals surface area contributed by atoms with Crippen molar-refractivity contribution < 1.29 is 19.8 Å². The molecule has 0 aliphatic heterocycles. The number of carboxylic acid groups (broad SMARTS) is 2. The molecule has 0 fully saturated rings. The summed E-state index contributed by atoms with van der Waals surface area (Å²) in [6, 6.07) is 0. The van der Waals surface area contributed by atoms with E-state index >= 15 is 0 Å². The van der Waals surface area contributed by atoms with E-state index in [1.807, 2.05) is 0 Å². The largest absolute Gasteiger partial charge is 2.00 e. The van der Waals surface area contributed by atoms with Crippen LogP contribution in [-0.4, -0.2) is 39.2 Å². The van der Waals surface area contributed by atoms with E-state index in [1.54, 1.807) is 0 Å². The van der Waals surface area contributed by atoms with Gasteiger partial charge < -0.3 is 19.8 Å². The zero-order chi connectivity index (χ0) is 27.0. The van der Waals surface area contributed by atoms with Gasteiger partial charge in [-0.05, 0) is 25.7 Å². The van der Waals surface area contributed by atoms with E-state index in [-0.39, 0.29) is 40.1 Å². The second kappa shape index (κ2) is 38.0. The normalized spacial score (nSPS) is 10.4. The Morgan fingerprint density at radius 1 is 0.351 bits per heavy atom. The molecule has 0 aromatic carbocycles. The van der Waals surface area contributed by atoms with Crippen LogP contribution in [0.5, 0.6) is 0 Å². The van der Waals surface area contributed by atoms with Crippen molar-refractivity contribution in [3.8, 4) is 0 Å². The molecule has 0 N–H and O–H groups in total. The molecule has 0 aromatic rings. The Bertz CT molecular complexity index is 403. The maximum absolute atomic E-state index is 10.2. The number of hydrogen-bond acceptors (Lipinski definition) is 4. The molecule has 5 heteroatoms. The van der Waals surface area contributed by atoms with E-state index in [9.17, 15) is 19.8 Å². The van der Waals surface area contributed by atoms with Crippen molar-refractivity contribution in [2.24, 2.45) is 0 Å². The maximum Gasteiger partial charge on any atom is 2.00 e. The second-order valence-electron chi connectivity index (χ2n) is 10.7. The molecule has 0 bridgehead atoms. The van der Waals surface area contributed by atoms with Gasteiger partial charge in [0, 0.05) is 11.9 Å². The van der Waals surface area contributed by atoms with E-state index in [1.165, 1.54) is 141 Å². The Morgan fingerprint density at radius 2 is 0.514 bits per heavy atom. The van der Waals surface area contributed by atoms with Gasteiger partial charge in [0.1, 0.15) is 0 Å². The zero-order valence-electron chi connectivity index (χ0n) is 24.9. The van der Waals surface area contributed by atoms with Crippen LogP contribution in [0.1, 0.15) is 194 Å². The summed E-state index contributed by atoms with van der Waals surface area (Å²) in [6.45, 7) is 4.51. The minimum Gasteiger partial charge on any atom is -0.550 e. The Morgan fingerprint density at radius 3 is 0.676 bits per heavy atom. The summed E-state index contributed by atoms with van der Waals surface area (Å²) in [5, 5.41) is 20.4. The molecule has 0 aliphatic carbocycles. The number of carboxylic acids is 2. The first-order chi connectivity index (χ1) is 17.5. The van der Waals surface area contributed by atoms with Crippen LogP contribution in [0.3, 0.4) is 0 Å². The summed E-state index contributed by atoms with van der Waals surface area (Å²) in [6.07, 6.45) is 33.9. The summed E-state index contributed by atoms with van der Waals surface area (Å²) < 4.78 is 0. The molecule has 0 unspecified atom stereocenters. The SMILES string of the molecule is CCCCCCCCCCCCCCCC(=O)[O-].CCCCCCCCCCCCCCCC(=O)[O-].[Pb+2]. The molecule has 0 rings (SSSR count). The minimum absolute atomic E-state index is 0. The molecular formula is C32H62O4Pb. The van der Waals surface area contributed by atoms with E-state index in [0.717, 1.165) is 25.7 Å². The second-order valence-corrected chi connectivity index (χ2v) is 10.7. The molecule has 218 valence electrons. The molecule has 0 aliphatic rings. The smallest absolute Gasteiger partial charge is 0.550 e. The van der Waals surface area contributed by atoms with Gasteiger partial charge in [-0.3, -0.25) is 0 Å². The van der Waals surface area contributed by atoms with Gasteiger partial charge >= 0.3 is 27.3 Å². The third kappa shape index (κ3) is 46.1. The molecule has 0 heterocycles. The van der Waals surface area contributed by atoms with Crippen LogP contribution in [0, 0.1) is 0 Å². The molecule has 0 atom stereocenters. The minimum atomic E-state index is -0.905. The molecule has 0 saturated carbocycles.